The molecule has 1 amide bonds. The molecular weight excluding hydrogens is 378 g/mol. The van der Waals surface area contributed by atoms with Crippen LogP contribution in [0.3, 0.4) is 0 Å². The van der Waals surface area contributed by atoms with Crippen LogP contribution in [0.5, 0.6) is 11.5 Å². The Labute approximate surface area is 166 Å². The lowest BCUT2D eigenvalue weighted by atomic mass is 10.2. The van der Waals surface area contributed by atoms with Crippen molar-refractivity contribution in [2.75, 3.05) is 20.2 Å². The van der Waals surface area contributed by atoms with Crippen LogP contribution in [-0.4, -0.2) is 39.4 Å². The first-order valence-electron chi connectivity index (χ1n) is 8.97. The zero-order valence-electron chi connectivity index (χ0n) is 16.5. The third kappa shape index (κ3) is 5.36. The molecule has 0 spiro atoms. The monoisotopic (exact) mass is 403 g/mol. The Kier molecular flexibility index (Phi) is 7.23. The van der Waals surface area contributed by atoms with E-state index in [9.17, 15) is 13.2 Å². The molecule has 0 fully saturated rings. The molecule has 0 atom stereocenters. The summed E-state index contributed by atoms with van der Waals surface area (Å²) in [6.45, 7) is 6.97. The SMILES string of the molecule is CCN(CC)C(=O)/C=C/c1ccc(OS(=O)(=O)c2ccc(C)cc2)c(OC)c1. The number of likely N-dealkylation sites (N-methyl/N-ethyl adjacent to an activating group) is 1. The van der Waals surface area contributed by atoms with Gasteiger partial charge in [0.1, 0.15) is 4.90 Å². The Morgan fingerprint density at radius 1 is 1.04 bits per heavy atom. The number of hydrogen-bond donors (Lipinski definition) is 0. The molecule has 28 heavy (non-hydrogen) atoms. The van der Waals surface area contributed by atoms with Gasteiger partial charge < -0.3 is 13.8 Å². The number of amides is 1. The second-order valence-electron chi connectivity index (χ2n) is 6.10. The maximum absolute atomic E-state index is 12.5. The van der Waals surface area contributed by atoms with Crippen LogP contribution in [0.15, 0.2) is 53.4 Å². The fourth-order valence-electron chi connectivity index (χ4n) is 2.54. The Morgan fingerprint density at radius 3 is 2.25 bits per heavy atom. The first kappa shape index (κ1) is 21.5. The van der Waals surface area contributed by atoms with Gasteiger partial charge in [0.2, 0.25) is 5.91 Å². The van der Waals surface area contributed by atoms with Crippen molar-refractivity contribution in [3.63, 3.8) is 0 Å². The quantitative estimate of drug-likeness (QED) is 0.497. The van der Waals surface area contributed by atoms with Crippen molar-refractivity contribution in [1.29, 1.82) is 0 Å². The van der Waals surface area contributed by atoms with E-state index in [0.717, 1.165) is 5.56 Å². The van der Waals surface area contributed by atoms with E-state index < -0.39 is 10.1 Å². The van der Waals surface area contributed by atoms with Crippen LogP contribution in [-0.2, 0) is 14.9 Å². The summed E-state index contributed by atoms with van der Waals surface area (Å²) in [5.74, 6) is 0.245. The van der Waals surface area contributed by atoms with Gasteiger partial charge in [-0.2, -0.15) is 8.42 Å². The minimum atomic E-state index is -3.98. The summed E-state index contributed by atoms with van der Waals surface area (Å²) < 4.78 is 35.5. The maximum Gasteiger partial charge on any atom is 0.339 e. The van der Waals surface area contributed by atoms with Crippen LogP contribution in [0.2, 0.25) is 0 Å². The minimum absolute atomic E-state index is 0.0638. The highest BCUT2D eigenvalue weighted by atomic mass is 32.2. The number of rotatable bonds is 8. The molecule has 0 aliphatic carbocycles. The molecule has 2 aromatic rings. The molecule has 0 unspecified atom stereocenters. The predicted octanol–water partition coefficient (Wildman–Crippen LogP) is 3.65. The van der Waals surface area contributed by atoms with Crippen molar-refractivity contribution >= 4 is 22.1 Å². The molecule has 0 aliphatic rings. The standard InChI is InChI=1S/C21H25NO5S/c1-5-22(6-2)21(23)14-10-17-9-13-19(20(15-17)26-4)27-28(24,25)18-11-7-16(3)8-12-18/h7-15H,5-6H2,1-4H3/b14-10+. The Hall–Kier alpha value is -2.80. The number of nitrogens with zero attached hydrogens (tertiary/aromatic N) is 1. The molecule has 0 heterocycles. The average molecular weight is 404 g/mol. The van der Waals surface area contributed by atoms with Gasteiger partial charge in [0.15, 0.2) is 11.5 Å². The van der Waals surface area contributed by atoms with E-state index in [2.05, 4.69) is 0 Å². The van der Waals surface area contributed by atoms with Gasteiger partial charge >= 0.3 is 10.1 Å². The fourth-order valence-corrected chi connectivity index (χ4v) is 3.48. The third-order valence-corrected chi connectivity index (χ3v) is 5.44. The summed E-state index contributed by atoms with van der Waals surface area (Å²) in [5, 5.41) is 0. The van der Waals surface area contributed by atoms with Crippen molar-refractivity contribution < 1.29 is 22.1 Å². The summed E-state index contributed by atoms with van der Waals surface area (Å²) >= 11 is 0. The predicted molar refractivity (Wildman–Crippen MR) is 109 cm³/mol. The zero-order chi connectivity index (χ0) is 20.7. The summed E-state index contributed by atoms with van der Waals surface area (Å²) in [6, 6.07) is 11.2. The largest absolute Gasteiger partial charge is 0.493 e. The molecular formula is C21H25NO5S. The first-order chi connectivity index (χ1) is 13.3. The molecule has 2 rings (SSSR count). The molecule has 0 saturated heterocycles. The maximum atomic E-state index is 12.5. The molecule has 0 bridgehead atoms. The van der Waals surface area contributed by atoms with Gasteiger partial charge in [-0.3, -0.25) is 4.79 Å². The summed E-state index contributed by atoms with van der Waals surface area (Å²) in [7, 11) is -2.55. The molecule has 2 aromatic carbocycles. The number of aryl methyl sites for hydroxylation is 1. The summed E-state index contributed by atoms with van der Waals surface area (Å²) in [5.41, 5.74) is 1.64. The molecule has 0 aromatic heterocycles. The Balaban J connectivity index is 2.23. The minimum Gasteiger partial charge on any atom is -0.493 e. The van der Waals surface area contributed by atoms with Crippen molar-refractivity contribution in [3.8, 4) is 11.5 Å². The normalized spacial score (nSPS) is 11.4. The first-order valence-corrected chi connectivity index (χ1v) is 10.4. The van der Waals surface area contributed by atoms with E-state index in [1.54, 1.807) is 35.2 Å². The van der Waals surface area contributed by atoms with Crippen LogP contribution in [0.25, 0.3) is 6.08 Å². The van der Waals surface area contributed by atoms with Gasteiger partial charge in [-0.25, -0.2) is 0 Å². The molecule has 7 heteroatoms. The van der Waals surface area contributed by atoms with Gasteiger partial charge in [-0.1, -0.05) is 23.8 Å². The summed E-state index contributed by atoms with van der Waals surface area (Å²) in [4.78, 5) is 13.8. The van der Waals surface area contributed by atoms with Crippen molar-refractivity contribution in [3.05, 3.63) is 59.7 Å². The van der Waals surface area contributed by atoms with Crippen LogP contribution in [0, 0.1) is 6.92 Å². The molecule has 6 nitrogen and oxygen atoms in total. The van der Waals surface area contributed by atoms with E-state index in [1.165, 1.54) is 31.4 Å². The second-order valence-corrected chi connectivity index (χ2v) is 7.65. The molecule has 0 aliphatic heterocycles. The van der Waals surface area contributed by atoms with E-state index in [0.29, 0.717) is 18.7 Å². The number of carbonyl (C=O) groups is 1. The van der Waals surface area contributed by atoms with Crippen LogP contribution in [0.4, 0.5) is 0 Å². The highest BCUT2D eigenvalue weighted by molar-refractivity contribution is 7.87. The number of benzene rings is 2. The number of methoxy groups -OCH3 is 1. The van der Waals surface area contributed by atoms with Crippen molar-refractivity contribution in [1.82, 2.24) is 4.90 Å². The van der Waals surface area contributed by atoms with Crippen LogP contribution in [0.1, 0.15) is 25.0 Å². The molecule has 0 saturated carbocycles. The highest BCUT2D eigenvalue weighted by Crippen LogP contribution is 2.31. The number of ether oxygens (including phenoxy) is 1. The molecule has 0 radical (unpaired) electrons. The Bertz CT molecular complexity index is 945. The van der Waals surface area contributed by atoms with Crippen molar-refractivity contribution in [2.24, 2.45) is 0 Å². The lowest BCUT2D eigenvalue weighted by Crippen LogP contribution is -2.28. The average Bonchev–Trinajstić information content (AvgIpc) is 2.68. The fraction of sp³-hybridized carbons (Fsp3) is 0.286. The third-order valence-electron chi connectivity index (χ3n) is 4.19. The van der Waals surface area contributed by atoms with Gasteiger partial charge in [0.25, 0.3) is 0 Å². The topological polar surface area (TPSA) is 72.9 Å². The van der Waals surface area contributed by atoms with E-state index in [-0.39, 0.29) is 22.3 Å². The van der Waals surface area contributed by atoms with E-state index >= 15 is 0 Å². The molecule has 150 valence electrons. The Morgan fingerprint density at radius 2 is 1.68 bits per heavy atom. The van der Waals surface area contributed by atoms with E-state index in [4.69, 9.17) is 8.92 Å². The van der Waals surface area contributed by atoms with E-state index in [1.807, 2.05) is 20.8 Å². The van der Waals surface area contributed by atoms with Gasteiger partial charge in [-0.15, -0.1) is 0 Å². The summed E-state index contributed by atoms with van der Waals surface area (Å²) in [6.07, 6.45) is 3.13. The number of carbonyl (C=O) groups excluding carboxylic acids is 1. The highest BCUT2D eigenvalue weighted by Gasteiger charge is 2.19. The lowest BCUT2D eigenvalue weighted by Gasteiger charge is -2.16. The van der Waals surface area contributed by atoms with Crippen LogP contribution < -0.4 is 8.92 Å². The van der Waals surface area contributed by atoms with Gasteiger partial charge in [0, 0.05) is 19.2 Å². The number of hydrogen-bond acceptors (Lipinski definition) is 5. The smallest absolute Gasteiger partial charge is 0.339 e. The van der Waals surface area contributed by atoms with Crippen molar-refractivity contribution in [2.45, 2.75) is 25.7 Å². The van der Waals surface area contributed by atoms with Gasteiger partial charge in [-0.05, 0) is 56.7 Å². The van der Waals surface area contributed by atoms with Crippen LogP contribution >= 0.6 is 0 Å². The zero-order valence-corrected chi connectivity index (χ0v) is 17.3. The van der Waals surface area contributed by atoms with Gasteiger partial charge in [0.05, 0.1) is 7.11 Å². The second kappa shape index (κ2) is 9.41. The lowest BCUT2D eigenvalue weighted by molar-refractivity contribution is -0.125. The molecule has 0 N–H and O–H groups in total.